The number of rotatable bonds is 7. The van der Waals surface area contributed by atoms with Gasteiger partial charge in [0.15, 0.2) is 5.82 Å². The lowest BCUT2D eigenvalue weighted by molar-refractivity contribution is -0.123. The summed E-state index contributed by atoms with van der Waals surface area (Å²) in [4.78, 5) is 39.2. The highest BCUT2D eigenvalue weighted by molar-refractivity contribution is 6.21. The van der Waals surface area contributed by atoms with Gasteiger partial charge < -0.3 is 5.32 Å². The van der Waals surface area contributed by atoms with Gasteiger partial charge in [0.2, 0.25) is 5.91 Å². The molecular formula is C19H21N7O3. The Hall–Kier alpha value is -3.61. The molecule has 0 saturated carbocycles. The van der Waals surface area contributed by atoms with Crippen molar-refractivity contribution in [3.05, 3.63) is 41.2 Å². The molecule has 0 aliphatic carbocycles. The lowest BCUT2D eigenvalue weighted by Gasteiger charge is -2.27. The molecule has 1 N–H and O–H groups in total. The molecule has 0 radical (unpaired) electrons. The van der Waals surface area contributed by atoms with E-state index in [9.17, 15) is 19.6 Å². The highest BCUT2D eigenvalue weighted by Gasteiger charge is 2.35. The molecule has 3 rings (SSSR count). The predicted molar refractivity (Wildman–Crippen MR) is 100 cm³/mol. The third kappa shape index (κ3) is 3.99. The maximum Gasteiger partial charge on any atom is 0.261 e. The second-order valence-corrected chi connectivity index (χ2v) is 7.31. The van der Waals surface area contributed by atoms with E-state index in [4.69, 9.17) is 0 Å². The van der Waals surface area contributed by atoms with E-state index in [0.29, 0.717) is 17.0 Å². The molecular weight excluding hydrogens is 374 g/mol. The minimum Gasteiger partial charge on any atom is -0.336 e. The molecule has 0 bridgehead atoms. The SMILES string of the molecule is CC(C)[C@](C)(C#N)NC(=O)Cn1nnc(CCN2C(=O)c3ccccc3C2=O)n1. The van der Waals surface area contributed by atoms with Crippen LogP contribution in [-0.4, -0.2) is 54.9 Å². The van der Waals surface area contributed by atoms with Crippen molar-refractivity contribution in [2.75, 3.05) is 6.54 Å². The molecule has 2 aromatic rings. The molecule has 0 spiro atoms. The normalized spacial score (nSPS) is 15.2. The fraction of sp³-hybridized carbons (Fsp3) is 0.421. The van der Waals surface area contributed by atoms with E-state index in [1.165, 1.54) is 0 Å². The number of aromatic nitrogens is 4. The molecule has 3 amide bonds. The summed E-state index contributed by atoms with van der Waals surface area (Å²) >= 11 is 0. The third-order valence-corrected chi connectivity index (χ3v) is 5.00. The van der Waals surface area contributed by atoms with Crippen molar-refractivity contribution in [2.45, 2.75) is 39.3 Å². The maximum atomic E-state index is 12.4. The van der Waals surface area contributed by atoms with E-state index < -0.39 is 11.4 Å². The van der Waals surface area contributed by atoms with E-state index in [2.05, 4.69) is 26.8 Å². The Bertz CT molecular complexity index is 972. The van der Waals surface area contributed by atoms with Gasteiger partial charge in [0, 0.05) is 13.0 Å². The Morgan fingerprint density at radius 3 is 2.41 bits per heavy atom. The van der Waals surface area contributed by atoms with Gasteiger partial charge in [0.25, 0.3) is 11.8 Å². The quantitative estimate of drug-likeness (QED) is 0.677. The molecule has 2 heterocycles. The van der Waals surface area contributed by atoms with Crippen LogP contribution in [0.1, 0.15) is 47.3 Å². The first-order chi connectivity index (χ1) is 13.7. The second kappa shape index (κ2) is 7.79. The molecule has 1 aromatic carbocycles. The number of imide groups is 1. The van der Waals surface area contributed by atoms with Crippen molar-refractivity contribution < 1.29 is 14.4 Å². The molecule has 1 atom stereocenters. The van der Waals surface area contributed by atoms with Crippen LogP contribution in [0.3, 0.4) is 0 Å². The highest BCUT2D eigenvalue weighted by atomic mass is 16.2. The minimum atomic E-state index is -0.994. The van der Waals surface area contributed by atoms with E-state index in [1.54, 1.807) is 31.2 Å². The summed E-state index contributed by atoms with van der Waals surface area (Å²) in [5.74, 6) is -0.868. The first kappa shape index (κ1) is 20.1. The fourth-order valence-electron chi connectivity index (χ4n) is 2.86. The van der Waals surface area contributed by atoms with Crippen LogP contribution in [0.4, 0.5) is 0 Å². The van der Waals surface area contributed by atoms with Crippen molar-refractivity contribution in [1.29, 1.82) is 5.26 Å². The van der Waals surface area contributed by atoms with E-state index in [0.717, 1.165) is 9.70 Å². The van der Waals surface area contributed by atoms with Crippen LogP contribution in [0.5, 0.6) is 0 Å². The number of hydrogen-bond acceptors (Lipinski definition) is 7. The topological polar surface area (TPSA) is 134 Å². The largest absolute Gasteiger partial charge is 0.336 e. The van der Waals surface area contributed by atoms with Crippen LogP contribution in [-0.2, 0) is 17.8 Å². The van der Waals surface area contributed by atoms with E-state index >= 15 is 0 Å². The van der Waals surface area contributed by atoms with Crippen molar-refractivity contribution in [2.24, 2.45) is 5.92 Å². The number of nitrogens with zero attached hydrogens (tertiary/aromatic N) is 6. The molecule has 29 heavy (non-hydrogen) atoms. The zero-order valence-corrected chi connectivity index (χ0v) is 16.4. The van der Waals surface area contributed by atoms with Gasteiger partial charge in [-0.1, -0.05) is 26.0 Å². The summed E-state index contributed by atoms with van der Waals surface area (Å²) in [7, 11) is 0. The fourth-order valence-corrected chi connectivity index (χ4v) is 2.86. The molecule has 10 nitrogen and oxygen atoms in total. The number of carbonyl (C=O) groups excluding carboxylic acids is 3. The second-order valence-electron chi connectivity index (χ2n) is 7.31. The van der Waals surface area contributed by atoms with Crippen LogP contribution < -0.4 is 5.32 Å². The Balaban J connectivity index is 1.58. The molecule has 1 aromatic heterocycles. The average molecular weight is 395 g/mol. The van der Waals surface area contributed by atoms with Crippen LogP contribution in [0.15, 0.2) is 24.3 Å². The van der Waals surface area contributed by atoms with Crippen molar-refractivity contribution in [3.63, 3.8) is 0 Å². The Morgan fingerprint density at radius 2 is 1.86 bits per heavy atom. The van der Waals surface area contributed by atoms with Gasteiger partial charge in [-0.15, -0.1) is 10.2 Å². The van der Waals surface area contributed by atoms with Crippen LogP contribution in [0, 0.1) is 17.2 Å². The number of nitriles is 1. The molecule has 10 heteroatoms. The van der Waals surface area contributed by atoms with Gasteiger partial charge >= 0.3 is 0 Å². The van der Waals surface area contributed by atoms with Gasteiger partial charge in [-0.2, -0.15) is 10.1 Å². The van der Waals surface area contributed by atoms with Crippen molar-refractivity contribution in [3.8, 4) is 6.07 Å². The summed E-state index contributed by atoms with van der Waals surface area (Å²) in [6.07, 6.45) is 0.217. The molecule has 0 saturated heterocycles. The molecule has 0 unspecified atom stereocenters. The van der Waals surface area contributed by atoms with E-state index in [-0.39, 0.29) is 37.2 Å². The zero-order chi connectivity index (χ0) is 21.2. The molecule has 0 fully saturated rings. The van der Waals surface area contributed by atoms with Gasteiger partial charge in [0.05, 0.1) is 17.2 Å². The minimum absolute atomic E-state index is 0.0737. The van der Waals surface area contributed by atoms with Gasteiger partial charge in [-0.05, 0) is 30.2 Å². The van der Waals surface area contributed by atoms with Crippen LogP contribution >= 0.6 is 0 Å². The standard InChI is InChI=1S/C19H21N7O3/c1-12(2)19(3,11-20)21-16(27)10-26-23-15(22-24-26)8-9-25-17(28)13-6-4-5-7-14(13)18(25)29/h4-7,12H,8-10H2,1-3H3,(H,21,27)/t19-/m0/s1. The van der Waals surface area contributed by atoms with Crippen LogP contribution in [0.25, 0.3) is 0 Å². The first-order valence-electron chi connectivity index (χ1n) is 9.19. The molecule has 150 valence electrons. The predicted octanol–water partition coefficient (Wildman–Crippen LogP) is 0.566. The molecule has 1 aliphatic rings. The third-order valence-electron chi connectivity index (χ3n) is 5.00. The van der Waals surface area contributed by atoms with Gasteiger partial charge in [-0.3, -0.25) is 19.3 Å². The average Bonchev–Trinajstić information content (AvgIpc) is 3.23. The summed E-state index contributed by atoms with van der Waals surface area (Å²) in [5, 5.41) is 23.8. The lowest BCUT2D eigenvalue weighted by Crippen LogP contribution is -2.50. The summed E-state index contributed by atoms with van der Waals surface area (Å²) < 4.78 is 0. The first-order valence-corrected chi connectivity index (χ1v) is 9.19. The molecule has 1 aliphatic heterocycles. The number of nitrogens with one attached hydrogen (secondary N) is 1. The lowest BCUT2D eigenvalue weighted by atomic mass is 9.90. The zero-order valence-electron chi connectivity index (χ0n) is 16.4. The monoisotopic (exact) mass is 395 g/mol. The Morgan fingerprint density at radius 1 is 1.24 bits per heavy atom. The summed E-state index contributed by atoms with van der Waals surface area (Å²) in [6, 6.07) is 8.76. The number of amides is 3. The number of tetrazole rings is 1. The number of fused-ring (bicyclic) bond motifs is 1. The van der Waals surface area contributed by atoms with Gasteiger partial charge in [-0.25, -0.2) is 0 Å². The smallest absolute Gasteiger partial charge is 0.261 e. The van der Waals surface area contributed by atoms with Gasteiger partial charge in [0.1, 0.15) is 12.1 Å². The van der Waals surface area contributed by atoms with Crippen LogP contribution in [0.2, 0.25) is 0 Å². The van der Waals surface area contributed by atoms with Crippen molar-refractivity contribution >= 4 is 17.7 Å². The van der Waals surface area contributed by atoms with Crippen molar-refractivity contribution in [1.82, 2.24) is 30.4 Å². The Kier molecular flexibility index (Phi) is 5.41. The maximum absolute atomic E-state index is 12.4. The highest BCUT2D eigenvalue weighted by Crippen LogP contribution is 2.22. The summed E-state index contributed by atoms with van der Waals surface area (Å²) in [6.45, 7) is 5.26. The number of carbonyl (C=O) groups is 3. The van der Waals surface area contributed by atoms with E-state index in [1.807, 2.05) is 13.8 Å². The Labute approximate surface area is 167 Å². The number of benzene rings is 1. The summed E-state index contributed by atoms with van der Waals surface area (Å²) in [5.41, 5.74) is -0.223. The number of hydrogen-bond donors (Lipinski definition) is 1.